The molecule has 0 spiro atoms. The number of amides is 2. The van der Waals surface area contributed by atoms with Crippen LogP contribution < -0.4 is 10.6 Å². The van der Waals surface area contributed by atoms with E-state index in [1.165, 1.54) is 21.1 Å². The molecule has 1 fully saturated rings. The number of rotatable bonds is 10. The second-order valence-corrected chi connectivity index (χ2v) is 9.70. The average molecular weight is 447 g/mol. The monoisotopic (exact) mass is 446 g/mol. The number of aromatic nitrogens is 1. The highest BCUT2D eigenvalue weighted by Gasteiger charge is 2.30. The van der Waals surface area contributed by atoms with E-state index >= 15 is 0 Å². The summed E-state index contributed by atoms with van der Waals surface area (Å²) in [6.45, 7) is 4.22. The van der Waals surface area contributed by atoms with Crippen LogP contribution in [0.1, 0.15) is 42.7 Å². The summed E-state index contributed by atoms with van der Waals surface area (Å²) in [5.74, 6) is -0.722. The Morgan fingerprint density at radius 1 is 1.16 bits per heavy atom. The zero-order valence-electron chi connectivity index (χ0n) is 18.2. The Hall–Kier alpha value is -2.65. The molecule has 2 N–H and O–H groups in total. The minimum absolute atomic E-state index is 0.0610. The van der Waals surface area contributed by atoms with Crippen LogP contribution in [-0.2, 0) is 28.3 Å². The predicted molar refractivity (Wildman–Crippen MR) is 118 cm³/mol. The number of aryl methyl sites for hydroxylation is 1. The van der Waals surface area contributed by atoms with Crippen LogP contribution in [0, 0.1) is 0 Å². The number of benzene rings is 1. The van der Waals surface area contributed by atoms with E-state index in [2.05, 4.69) is 10.6 Å². The summed E-state index contributed by atoms with van der Waals surface area (Å²) >= 11 is 0. The van der Waals surface area contributed by atoms with Crippen LogP contribution in [0.15, 0.2) is 47.5 Å². The number of hydrogen-bond donors (Lipinski definition) is 2. The Kier molecular flexibility index (Phi) is 7.17. The quantitative estimate of drug-likeness (QED) is 0.580. The zero-order chi connectivity index (χ0) is 22.6. The van der Waals surface area contributed by atoms with Crippen LogP contribution in [0.4, 0.5) is 0 Å². The molecule has 1 heterocycles. The molecule has 8 nitrogen and oxygen atoms in total. The number of nitrogens with one attached hydrogen (secondary N) is 2. The molecule has 168 valence electrons. The number of carbonyl (C=O) groups is 2. The van der Waals surface area contributed by atoms with Gasteiger partial charge in [0.2, 0.25) is 15.9 Å². The van der Waals surface area contributed by atoms with Crippen molar-refractivity contribution in [1.29, 1.82) is 0 Å². The molecule has 0 radical (unpaired) electrons. The SMILES string of the molecule is CCN(CC)S(=O)(=O)c1cc(C(=O)NC(Cc2ccccc2)C(=O)NC2CC2)n(C)c1. The lowest BCUT2D eigenvalue weighted by Crippen LogP contribution is -2.48. The molecule has 2 amide bonds. The average Bonchev–Trinajstić information content (AvgIpc) is 3.46. The molecule has 1 aromatic carbocycles. The van der Waals surface area contributed by atoms with E-state index in [0.717, 1.165) is 18.4 Å². The topological polar surface area (TPSA) is 101 Å². The van der Waals surface area contributed by atoms with Crippen molar-refractivity contribution in [3.63, 3.8) is 0 Å². The van der Waals surface area contributed by atoms with E-state index in [1.54, 1.807) is 20.9 Å². The van der Waals surface area contributed by atoms with Gasteiger partial charge in [-0.2, -0.15) is 4.31 Å². The van der Waals surface area contributed by atoms with Gasteiger partial charge >= 0.3 is 0 Å². The second kappa shape index (κ2) is 9.65. The first-order valence-corrected chi connectivity index (χ1v) is 12.0. The molecular formula is C22H30N4O4S. The molecule has 31 heavy (non-hydrogen) atoms. The van der Waals surface area contributed by atoms with Crippen LogP contribution >= 0.6 is 0 Å². The van der Waals surface area contributed by atoms with Gasteiger partial charge in [0.15, 0.2) is 0 Å². The van der Waals surface area contributed by atoms with Crippen LogP contribution in [0.2, 0.25) is 0 Å². The molecule has 2 aromatic rings. The Bertz CT molecular complexity index is 1030. The molecule has 0 saturated heterocycles. The third-order valence-corrected chi connectivity index (χ3v) is 7.40. The Balaban J connectivity index is 1.81. The van der Waals surface area contributed by atoms with Gasteiger partial charge in [-0.15, -0.1) is 0 Å². The number of carbonyl (C=O) groups excluding carboxylic acids is 2. The number of hydrogen-bond acceptors (Lipinski definition) is 4. The summed E-state index contributed by atoms with van der Waals surface area (Å²) in [5, 5.41) is 5.74. The summed E-state index contributed by atoms with van der Waals surface area (Å²) in [4.78, 5) is 25.8. The maximum atomic E-state index is 13.0. The van der Waals surface area contributed by atoms with E-state index < -0.39 is 22.0 Å². The second-order valence-electron chi connectivity index (χ2n) is 7.76. The van der Waals surface area contributed by atoms with Crippen molar-refractivity contribution in [2.45, 2.75) is 50.1 Å². The Morgan fingerprint density at radius 3 is 2.39 bits per heavy atom. The van der Waals surface area contributed by atoms with Crippen LogP contribution in [-0.4, -0.2) is 54.3 Å². The summed E-state index contributed by atoms with van der Waals surface area (Å²) in [5.41, 5.74) is 1.11. The molecule has 1 aromatic heterocycles. The lowest BCUT2D eigenvalue weighted by molar-refractivity contribution is -0.123. The van der Waals surface area contributed by atoms with Gasteiger partial charge < -0.3 is 15.2 Å². The van der Waals surface area contributed by atoms with Gasteiger partial charge in [0.25, 0.3) is 5.91 Å². The highest BCUT2D eigenvalue weighted by Crippen LogP contribution is 2.20. The van der Waals surface area contributed by atoms with Gasteiger partial charge in [0.1, 0.15) is 16.6 Å². The van der Waals surface area contributed by atoms with E-state index in [-0.39, 0.29) is 22.5 Å². The van der Waals surface area contributed by atoms with Crippen molar-refractivity contribution in [2.24, 2.45) is 7.05 Å². The van der Waals surface area contributed by atoms with Crippen molar-refractivity contribution >= 4 is 21.8 Å². The largest absolute Gasteiger partial charge is 0.352 e. The highest BCUT2D eigenvalue weighted by atomic mass is 32.2. The first kappa shape index (κ1) is 23.0. The maximum Gasteiger partial charge on any atom is 0.268 e. The number of sulfonamides is 1. The lowest BCUT2D eigenvalue weighted by Gasteiger charge is -2.19. The smallest absolute Gasteiger partial charge is 0.268 e. The van der Waals surface area contributed by atoms with E-state index in [0.29, 0.717) is 19.5 Å². The first-order valence-electron chi connectivity index (χ1n) is 10.6. The van der Waals surface area contributed by atoms with Crippen molar-refractivity contribution in [3.8, 4) is 0 Å². The van der Waals surface area contributed by atoms with Gasteiger partial charge in [0.05, 0.1) is 0 Å². The lowest BCUT2D eigenvalue weighted by atomic mass is 10.0. The minimum atomic E-state index is -3.68. The fraction of sp³-hybridized carbons (Fsp3) is 0.455. The third-order valence-electron chi connectivity index (χ3n) is 5.38. The van der Waals surface area contributed by atoms with Gasteiger partial charge in [-0.1, -0.05) is 44.2 Å². The molecule has 1 saturated carbocycles. The van der Waals surface area contributed by atoms with Gasteiger partial charge in [-0.05, 0) is 24.5 Å². The van der Waals surface area contributed by atoms with Crippen molar-refractivity contribution in [1.82, 2.24) is 19.5 Å². The Morgan fingerprint density at radius 2 is 1.81 bits per heavy atom. The molecular weight excluding hydrogens is 416 g/mol. The van der Waals surface area contributed by atoms with Crippen LogP contribution in [0.5, 0.6) is 0 Å². The fourth-order valence-corrected chi connectivity index (χ4v) is 4.96. The molecule has 0 bridgehead atoms. The summed E-state index contributed by atoms with van der Waals surface area (Å²) in [6.07, 6.45) is 3.67. The van der Waals surface area contributed by atoms with E-state index in [1.807, 2.05) is 30.3 Å². The minimum Gasteiger partial charge on any atom is -0.352 e. The first-order chi connectivity index (χ1) is 14.8. The normalized spacial score (nSPS) is 15.0. The highest BCUT2D eigenvalue weighted by molar-refractivity contribution is 7.89. The fourth-order valence-electron chi connectivity index (χ4n) is 3.43. The summed E-state index contributed by atoms with van der Waals surface area (Å²) in [6, 6.07) is 10.2. The predicted octanol–water partition coefficient (Wildman–Crippen LogP) is 1.68. The van der Waals surface area contributed by atoms with Crippen molar-refractivity contribution in [3.05, 3.63) is 53.9 Å². The molecule has 1 unspecified atom stereocenters. The number of nitrogens with zero attached hydrogens (tertiary/aromatic N) is 2. The maximum absolute atomic E-state index is 13.0. The zero-order valence-corrected chi connectivity index (χ0v) is 19.0. The van der Waals surface area contributed by atoms with Gasteiger partial charge in [-0.25, -0.2) is 8.42 Å². The molecule has 0 aliphatic heterocycles. The molecule has 1 atom stereocenters. The van der Waals surface area contributed by atoms with Crippen molar-refractivity contribution in [2.75, 3.05) is 13.1 Å². The van der Waals surface area contributed by atoms with Gasteiger partial charge in [-0.3, -0.25) is 9.59 Å². The third kappa shape index (κ3) is 5.54. The van der Waals surface area contributed by atoms with Crippen LogP contribution in [0.25, 0.3) is 0 Å². The molecule has 3 rings (SSSR count). The Labute approximate surface area is 183 Å². The standard InChI is InChI=1S/C22H30N4O4S/c1-4-26(5-2)31(29,30)18-14-20(25(3)15-18)22(28)24-19(21(27)23-17-11-12-17)13-16-9-7-6-8-10-16/h6-10,14-15,17,19H,4-5,11-13H2,1-3H3,(H,23,27)(H,24,28). The summed E-state index contributed by atoms with van der Waals surface area (Å²) < 4.78 is 28.4. The van der Waals surface area contributed by atoms with E-state index in [9.17, 15) is 18.0 Å². The summed E-state index contributed by atoms with van der Waals surface area (Å²) in [7, 11) is -2.07. The van der Waals surface area contributed by atoms with Crippen molar-refractivity contribution < 1.29 is 18.0 Å². The van der Waals surface area contributed by atoms with Gasteiger partial charge in [0, 0.05) is 38.8 Å². The molecule has 1 aliphatic rings. The molecule has 9 heteroatoms. The van der Waals surface area contributed by atoms with E-state index in [4.69, 9.17) is 0 Å². The molecule has 1 aliphatic carbocycles. The van der Waals surface area contributed by atoms with Crippen LogP contribution in [0.3, 0.4) is 0 Å².